The van der Waals surface area contributed by atoms with Gasteiger partial charge < -0.3 is 0 Å². The highest BCUT2D eigenvalue weighted by atomic mass is 79.9. The lowest BCUT2D eigenvalue weighted by Gasteiger charge is -2.01. The van der Waals surface area contributed by atoms with Crippen LogP contribution in [0.15, 0.2) is 17.2 Å². The summed E-state index contributed by atoms with van der Waals surface area (Å²) < 4.78 is 0.629. The van der Waals surface area contributed by atoms with E-state index in [0.29, 0.717) is 15.7 Å². The first kappa shape index (κ1) is 9.85. The fourth-order valence-corrected chi connectivity index (χ4v) is 1.26. The maximum absolute atomic E-state index is 10.7. The van der Waals surface area contributed by atoms with E-state index in [9.17, 15) is 10.1 Å². The minimum atomic E-state index is -0.454. The SMILES string of the molecule is C=Cc1ncc(Br)c(C)c1[N+](=O)[O-]. The number of nitro groups is 1. The maximum Gasteiger partial charge on any atom is 0.298 e. The molecule has 0 amide bonds. The Bertz CT molecular complexity index is 377. The van der Waals surface area contributed by atoms with E-state index in [1.165, 1.54) is 12.3 Å². The van der Waals surface area contributed by atoms with Gasteiger partial charge in [-0.2, -0.15) is 0 Å². The Hall–Kier alpha value is -1.23. The van der Waals surface area contributed by atoms with Crippen molar-refractivity contribution in [3.05, 3.63) is 38.6 Å². The Kier molecular flexibility index (Phi) is 2.77. The van der Waals surface area contributed by atoms with E-state index < -0.39 is 4.92 Å². The highest BCUT2D eigenvalue weighted by molar-refractivity contribution is 9.10. The Morgan fingerprint density at radius 3 is 2.85 bits per heavy atom. The van der Waals surface area contributed by atoms with E-state index in [1.54, 1.807) is 6.92 Å². The molecule has 4 nitrogen and oxygen atoms in total. The zero-order valence-corrected chi connectivity index (χ0v) is 8.54. The number of nitrogens with zero attached hydrogens (tertiary/aromatic N) is 2. The monoisotopic (exact) mass is 242 g/mol. The molecule has 1 rings (SSSR count). The van der Waals surface area contributed by atoms with Gasteiger partial charge in [-0.25, -0.2) is 4.98 Å². The summed E-state index contributed by atoms with van der Waals surface area (Å²) in [4.78, 5) is 14.1. The molecule has 5 heteroatoms. The van der Waals surface area contributed by atoms with Gasteiger partial charge in [0.05, 0.1) is 4.92 Å². The van der Waals surface area contributed by atoms with Gasteiger partial charge >= 0.3 is 0 Å². The van der Waals surface area contributed by atoms with Crippen LogP contribution in [0.2, 0.25) is 0 Å². The van der Waals surface area contributed by atoms with E-state index in [2.05, 4.69) is 27.5 Å². The third kappa shape index (κ3) is 1.75. The van der Waals surface area contributed by atoms with Gasteiger partial charge in [0.25, 0.3) is 5.69 Å². The Morgan fingerprint density at radius 2 is 2.38 bits per heavy atom. The third-order valence-corrected chi connectivity index (χ3v) is 2.45. The number of pyridine rings is 1. The van der Waals surface area contributed by atoms with Crippen LogP contribution in [0, 0.1) is 17.0 Å². The van der Waals surface area contributed by atoms with E-state index in [0.717, 1.165) is 0 Å². The predicted octanol–water partition coefficient (Wildman–Crippen LogP) is 2.70. The largest absolute Gasteiger partial charge is 0.298 e. The Morgan fingerprint density at radius 1 is 1.77 bits per heavy atom. The first-order valence-corrected chi connectivity index (χ1v) is 4.29. The smallest absolute Gasteiger partial charge is 0.258 e. The topological polar surface area (TPSA) is 56.0 Å². The molecule has 1 aromatic rings. The molecule has 0 saturated carbocycles. The van der Waals surface area contributed by atoms with Crippen molar-refractivity contribution in [1.29, 1.82) is 0 Å². The summed E-state index contributed by atoms with van der Waals surface area (Å²) >= 11 is 3.18. The first-order valence-electron chi connectivity index (χ1n) is 3.50. The highest BCUT2D eigenvalue weighted by Gasteiger charge is 2.18. The second-order valence-corrected chi connectivity index (χ2v) is 3.28. The summed E-state index contributed by atoms with van der Waals surface area (Å²) in [6, 6.07) is 0. The molecule has 68 valence electrons. The van der Waals surface area contributed by atoms with E-state index >= 15 is 0 Å². The van der Waals surface area contributed by atoms with Crippen LogP contribution in [0.25, 0.3) is 6.08 Å². The Balaban J connectivity index is 3.50. The molecule has 0 aliphatic heterocycles. The summed E-state index contributed by atoms with van der Waals surface area (Å²) in [6.07, 6.45) is 2.90. The molecule has 0 atom stereocenters. The summed E-state index contributed by atoms with van der Waals surface area (Å²) in [5, 5.41) is 10.7. The van der Waals surface area contributed by atoms with Crippen LogP contribution < -0.4 is 0 Å². The molecule has 0 bridgehead atoms. The molecule has 13 heavy (non-hydrogen) atoms. The third-order valence-electron chi connectivity index (χ3n) is 1.65. The number of aromatic nitrogens is 1. The highest BCUT2D eigenvalue weighted by Crippen LogP contribution is 2.28. The van der Waals surface area contributed by atoms with Gasteiger partial charge in [0, 0.05) is 16.2 Å². The second-order valence-electron chi connectivity index (χ2n) is 2.43. The normalized spacial score (nSPS) is 9.69. The number of halogens is 1. The molecule has 1 aromatic heterocycles. The van der Waals surface area contributed by atoms with Crippen molar-refractivity contribution < 1.29 is 4.92 Å². The number of hydrogen-bond donors (Lipinski definition) is 0. The summed E-state index contributed by atoms with van der Waals surface area (Å²) in [5.41, 5.74) is 0.866. The van der Waals surface area contributed by atoms with Gasteiger partial charge in [0.2, 0.25) is 0 Å². The summed E-state index contributed by atoms with van der Waals surface area (Å²) in [5.74, 6) is 0. The Labute approximate surface area is 83.6 Å². The standard InChI is InChI=1S/C8H7BrN2O2/c1-3-7-8(11(12)13)5(2)6(9)4-10-7/h3-4H,1H2,2H3. The van der Waals surface area contributed by atoms with Crippen LogP contribution in [0.5, 0.6) is 0 Å². The first-order chi connectivity index (χ1) is 6.07. The van der Waals surface area contributed by atoms with Crippen molar-refractivity contribution in [3.63, 3.8) is 0 Å². The minimum absolute atomic E-state index is 0.00405. The molecular weight excluding hydrogens is 236 g/mol. The van der Waals surface area contributed by atoms with Crippen molar-refractivity contribution in [2.24, 2.45) is 0 Å². The minimum Gasteiger partial charge on any atom is -0.258 e. The van der Waals surface area contributed by atoms with Crippen molar-refractivity contribution in [1.82, 2.24) is 4.98 Å². The fraction of sp³-hybridized carbons (Fsp3) is 0.125. The lowest BCUT2D eigenvalue weighted by atomic mass is 10.2. The van der Waals surface area contributed by atoms with Gasteiger partial charge in [-0.3, -0.25) is 10.1 Å². The molecule has 1 heterocycles. The van der Waals surface area contributed by atoms with Crippen LogP contribution in [0.3, 0.4) is 0 Å². The molecule has 0 unspecified atom stereocenters. The van der Waals surface area contributed by atoms with Crippen LogP contribution in [0.4, 0.5) is 5.69 Å². The van der Waals surface area contributed by atoms with Crippen molar-refractivity contribution >= 4 is 27.7 Å². The summed E-state index contributed by atoms with van der Waals surface area (Å²) in [6.45, 7) is 5.13. The van der Waals surface area contributed by atoms with Crippen molar-refractivity contribution in [2.75, 3.05) is 0 Å². The quantitative estimate of drug-likeness (QED) is 0.592. The molecule has 0 spiro atoms. The number of hydrogen-bond acceptors (Lipinski definition) is 3. The predicted molar refractivity (Wildman–Crippen MR) is 53.4 cm³/mol. The molecule has 0 N–H and O–H groups in total. The van der Waals surface area contributed by atoms with E-state index in [1.807, 2.05) is 0 Å². The zero-order valence-electron chi connectivity index (χ0n) is 6.95. The van der Waals surface area contributed by atoms with Gasteiger partial charge in [0.1, 0.15) is 5.69 Å². The van der Waals surface area contributed by atoms with Crippen LogP contribution in [-0.2, 0) is 0 Å². The second kappa shape index (κ2) is 3.66. The maximum atomic E-state index is 10.7. The lowest BCUT2D eigenvalue weighted by Crippen LogP contribution is -1.97. The average molecular weight is 243 g/mol. The molecule has 0 aliphatic rings. The number of rotatable bonds is 2. The molecule has 0 aromatic carbocycles. The van der Waals surface area contributed by atoms with Gasteiger partial charge in [-0.05, 0) is 28.9 Å². The van der Waals surface area contributed by atoms with Gasteiger partial charge in [-0.15, -0.1) is 0 Å². The zero-order chi connectivity index (χ0) is 10.0. The van der Waals surface area contributed by atoms with Crippen LogP contribution >= 0.6 is 15.9 Å². The van der Waals surface area contributed by atoms with Gasteiger partial charge in [-0.1, -0.05) is 6.58 Å². The molecule has 0 radical (unpaired) electrons. The van der Waals surface area contributed by atoms with Crippen LogP contribution in [-0.4, -0.2) is 9.91 Å². The molecular formula is C8H7BrN2O2. The van der Waals surface area contributed by atoms with Crippen molar-refractivity contribution in [2.45, 2.75) is 6.92 Å². The van der Waals surface area contributed by atoms with Crippen molar-refractivity contribution in [3.8, 4) is 0 Å². The lowest BCUT2D eigenvalue weighted by molar-refractivity contribution is -0.386. The van der Waals surface area contributed by atoms with Crippen LogP contribution in [0.1, 0.15) is 11.3 Å². The van der Waals surface area contributed by atoms with E-state index in [-0.39, 0.29) is 5.69 Å². The fourth-order valence-electron chi connectivity index (χ4n) is 0.969. The van der Waals surface area contributed by atoms with E-state index in [4.69, 9.17) is 0 Å². The molecule has 0 fully saturated rings. The molecule has 0 aliphatic carbocycles. The molecule has 0 saturated heterocycles. The summed E-state index contributed by atoms with van der Waals surface area (Å²) in [7, 11) is 0. The van der Waals surface area contributed by atoms with Gasteiger partial charge in [0.15, 0.2) is 0 Å². The average Bonchev–Trinajstić information content (AvgIpc) is 2.08.